The summed E-state index contributed by atoms with van der Waals surface area (Å²) in [4.78, 5) is 17.2. The highest BCUT2D eigenvalue weighted by Crippen LogP contribution is 2.30. The molecule has 2 saturated heterocycles. The molecular formula is C17H21FN6. The van der Waals surface area contributed by atoms with Gasteiger partial charge in [0.05, 0.1) is 12.4 Å². The summed E-state index contributed by atoms with van der Waals surface area (Å²) in [5.41, 5.74) is 1.21. The number of likely N-dealkylation sites (tertiary alicyclic amines) is 1. The van der Waals surface area contributed by atoms with Gasteiger partial charge in [-0.05, 0) is 31.5 Å². The predicted molar refractivity (Wildman–Crippen MR) is 89.4 cm³/mol. The average Bonchev–Trinajstić information content (AvgIpc) is 2.81. The van der Waals surface area contributed by atoms with Gasteiger partial charge in [0, 0.05) is 37.9 Å². The molecule has 2 aliphatic heterocycles. The molecule has 7 heteroatoms. The molecule has 4 rings (SSSR count). The van der Waals surface area contributed by atoms with Crippen molar-refractivity contribution in [3.63, 3.8) is 0 Å². The van der Waals surface area contributed by atoms with E-state index in [2.05, 4.69) is 43.2 Å². The van der Waals surface area contributed by atoms with Crippen molar-refractivity contribution in [1.29, 1.82) is 0 Å². The molecule has 1 N–H and O–H groups in total. The van der Waals surface area contributed by atoms with Crippen LogP contribution in [0, 0.1) is 5.82 Å². The van der Waals surface area contributed by atoms with Crippen LogP contribution in [0.5, 0.6) is 0 Å². The van der Waals surface area contributed by atoms with Gasteiger partial charge in [-0.2, -0.15) is 0 Å². The molecule has 4 heterocycles. The number of anilines is 2. The standard InChI is InChI=1S/C17H21FN6/c1-23-10-14-3-4-15(11-23)24(14)9-12-2-5-16(19-6-12)22-17-20-7-13(18)8-21-17/h2,5-8,14-15H,3-4,9-11H2,1H3,(H,19,20,21,22). The normalized spacial score (nSPS) is 24.2. The van der Waals surface area contributed by atoms with Gasteiger partial charge >= 0.3 is 0 Å². The number of halogens is 1. The molecule has 2 aromatic heterocycles. The first-order valence-electron chi connectivity index (χ1n) is 8.31. The molecule has 2 unspecified atom stereocenters. The van der Waals surface area contributed by atoms with Crippen LogP contribution in [0.4, 0.5) is 16.2 Å². The number of piperazine rings is 1. The summed E-state index contributed by atoms with van der Waals surface area (Å²) in [7, 11) is 2.21. The van der Waals surface area contributed by atoms with Crippen LogP contribution >= 0.6 is 0 Å². The Labute approximate surface area is 140 Å². The van der Waals surface area contributed by atoms with Crippen molar-refractivity contribution in [3.8, 4) is 0 Å². The van der Waals surface area contributed by atoms with Crippen molar-refractivity contribution in [1.82, 2.24) is 24.8 Å². The molecule has 0 amide bonds. The number of likely N-dealkylation sites (N-methyl/N-ethyl adjacent to an activating group) is 1. The summed E-state index contributed by atoms with van der Waals surface area (Å²) < 4.78 is 12.8. The second kappa shape index (κ2) is 6.41. The van der Waals surface area contributed by atoms with Gasteiger partial charge in [0.1, 0.15) is 5.82 Å². The predicted octanol–water partition coefficient (Wildman–Crippen LogP) is 2.03. The maximum Gasteiger partial charge on any atom is 0.228 e. The highest BCUT2D eigenvalue weighted by atomic mass is 19.1. The zero-order chi connectivity index (χ0) is 16.5. The summed E-state index contributed by atoms with van der Waals surface area (Å²) in [5, 5.41) is 2.98. The third-order valence-corrected chi connectivity index (χ3v) is 4.87. The number of pyridine rings is 1. The van der Waals surface area contributed by atoms with Gasteiger partial charge in [-0.25, -0.2) is 19.3 Å². The first-order valence-corrected chi connectivity index (χ1v) is 8.31. The Hall–Kier alpha value is -2.12. The lowest BCUT2D eigenvalue weighted by atomic mass is 10.1. The van der Waals surface area contributed by atoms with Crippen molar-refractivity contribution >= 4 is 11.8 Å². The van der Waals surface area contributed by atoms with E-state index in [1.54, 1.807) is 0 Å². The number of fused-ring (bicyclic) bond motifs is 2. The van der Waals surface area contributed by atoms with Crippen molar-refractivity contribution in [2.45, 2.75) is 31.5 Å². The third kappa shape index (κ3) is 3.22. The maximum atomic E-state index is 12.8. The Kier molecular flexibility index (Phi) is 4.12. The summed E-state index contributed by atoms with van der Waals surface area (Å²) in [6.45, 7) is 3.26. The number of nitrogens with one attached hydrogen (secondary N) is 1. The van der Waals surface area contributed by atoms with Crippen LogP contribution in [0.2, 0.25) is 0 Å². The molecule has 0 aliphatic carbocycles. The van der Waals surface area contributed by atoms with E-state index in [9.17, 15) is 4.39 Å². The number of hydrogen-bond donors (Lipinski definition) is 1. The number of aromatic nitrogens is 3. The molecule has 0 saturated carbocycles. The monoisotopic (exact) mass is 328 g/mol. The zero-order valence-corrected chi connectivity index (χ0v) is 13.7. The smallest absolute Gasteiger partial charge is 0.228 e. The van der Waals surface area contributed by atoms with Gasteiger partial charge in [-0.3, -0.25) is 4.90 Å². The molecule has 2 atom stereocenters. The first-order chi connectivity index (χ1) is 11.7. The molecule has 0 radical (unpaired) electrons. The Morgan fingerprint density at radius 2 is 1.79 bits per heavy atom. The van der Waals surface area contributed by atoms with Gasteiger partial charge in [-0.15, -0.1) is 0 Å². The van der Waals surface area contributed by atoms with E-state index < -0.39 is 5.82 Å². The van der Waals surface area contributed by atoms with E-state index >= 15 is 0 Å². The Morgan fingerprint density at radius 1 is 1.08 bits per heavy atom. The molecule has 24 heavy (non-hydrogen) atoms. The Balaban J connectivity index is 1.40. The third-order valence-electron chi connectivity index (χ3n) is 4.87. The van der Waals surface area contributed by atoms with Crippen molar-refractivity contribution < 1.29 is 4.39 Å². The van der Waals surface area contributed by atoms with Crippen LogP contribution in [-0.4, -0.2) is 57.0 Å². The van der Waals surface area contributed by atoms with E-state index in [0.717, 1.165) is 32.0 Å². The maximum absolute atomic E-state index is 12.8. The largest absolute Gasteiger partial charge is 0.309 e. The lowest BCUT2D eigenvalue weighted by Crippen LogP contribution is -2.51. The fraction of sp³-hybridized carbons (Fsp3) is 0.471. The van der Waals surface area contributed by atoms with Crippen molar-refractivity contribution in [2.24, 2.45) is 0 Å². The van der Waals surface area contributed by atoms with Crippen LogP contribution < -0.4 is 5.32 Å². The summed E-state index contributed by atoms with van der Waals surface area (Å²) >= 11 is 0. The lowest BCUT2D eigenvalue weighted by molar-refractivity contribution is 0.0759. The SMILES string of the molecule is CN1CC2CCC(C1)N2Cc1ccc(Nc2ncc(F)cn2)nc1. The zero-order valence-electron chi connectivity index (χ0n) is 13.7. The molecule has 2 fully saturated rings. The summed E-state index contributed by atoms with van der Waals surface area (Å²) in [5.74, 6) is 0.547. The summed E-state index contributed by atoms with van der Waals surface area (Å²) in [6.07, 6.45) is 6.75. The fourth-order valence-corrected chi connectivity index (χ4v) is 3.75. The van der Waals surface area contributed by atoms with Gasteiger partial charge in [0.2, 0.25) is 5.95 Å². The minimum atomic E-state index is -0.453. The minimum Gasteiger partial charge on any atom is -0.309 e. The van der Waals surface area contributed by atoms with E-state index in [4.69, 9.17) is 0 Å². The molecule has 126 valence electrons. The van der Waals surface area contributed by atoms with Crippen LogP contribution in [0.15, 0.2) is 30.7 Å². The molecule has 0 aromatic carbocycles. The lowest BCUT2D eigenvalue weighted by Gasteiger charge is -2.39. The molecule has 2 aliphatic rings. The topological polar surface area (TPSA) is 57.2 Å². The molecule has 2 aromatic rings. The number of rotatable bonds is 4. The van der Waals surface area contributed by atoms with Crippen LogP contribution in [0.3, 0.4) is 0 Å². The Morgan fingerprint density at radius 3 is 2.42 bits per heavy atom. The fourth-order valence-electron chi connectivity index (χ4n) is 3.75. The molecule has 6 nitrogen and oxygen atoms in total. The van der Waals surface area contributed by atoms with Crippen LogP contribution in [0.25, 0.3) is 0 Å². The first kappa shape index (κ1) is 15.4. The van der Waals surface area contributed by atoms with Crippen molar-refractivity contribution in [3.05, 3.63) is 42.1 Å². The Bertz CT molecular complexity index is 675. The number of hydrogen-bond acceptors (Lipinski definition) is 6. The number of nitrogens with zero attached hydrogens (tertiary/aromatic N) is 5. The van der Waals surface area contributed by atoms with E-state index in [-0.39, 0.29) is 0 Å². The van der Waals surface area contributed by atoms with Gasteiger partial charge in [-0.1, -0.05) is 6.07 Å². The van der Waals surface area contributed by atoms with E-state index in [1.807, 2.05) is 12.3 Å². The van der Waals surface area contributed by atoms with E-state index in [0.29, 0.717) is 23.8 Å². The highest BCUT2D eigenvalue weighted by Gasteiger charge is 2.38. The average molecular weight is 328 g/mol. The van der Waals surface area contributed by atoms with E-state index in [1.165, 1.54) is 18.4 Å². The molecule has 2 bridgehead atoms. The van der Waals surface area contributed by atoms with Gasteiger partial charge < -0.3 is 10.2 Å². The van der Waals surface area contributed by atoms with Gasteiger partial charge in [0.15, 0.2) is 5.82 Å². The minimum absolute atomic E-state index is 0.341. The van der Waals surface area contributed by atoms with Crippen molar-refractivity contribution in [2.75, 3.05) is 25.5 Å². The van der Waals surface area contributed by atoms with Gasteiger partial charge in [0.25, 0.3) is 0 Å². The quantitative estimate of drug-likeness (QED) is 0.927. The van der Waals surface area contributed by atoms with Crippen LogP contribution in [-0.2, 0) is 6.54 Å². The summed E-state index contributed by atoms with van der Waals surface area (Å²) in [6, 6.07) is 5.33. The van der Waals surface area contributed by atoms with Crippen LogP contribution in [0.1, 0.15) is 18.4 Å². The highest BCUT2D eigenvalue weighted by molar-refractivity contribution is 5.47. The second-order valence-electron chi connectivity index (χ2n) is 6.68. The molecular weight excluding hydrogens is 307 g/mol. The molecule has 0 spiro atoms. The second-order valence-corrected chi connectivity index (χ2v) is 6.68.